The Morgan fingerprint density at radius 2 is 2.14 bits per heavy atom. The van der Waals surface area contributed by atoms with Crippen molar-refractivity contribution in [1.82, 2.24) is 10.6 Å². The second-order valence-electron chi connectivity index (χ2n) is 4.76. The van der Waals surface area contributed by atoms with Gasteiger partial charge in [-0.3, -0.25) is 4.99 Å². The number of guanidine groups is 1. The van der Waals surface area contributed by atoms with Gasteiger partial charge in [-0.25, -0.2) is 8.42 Å². The molecule has 0 radical (unpaired) electrons. The van der Waals surface area contributed by atoms with Crippen LogP contribution in [0.3, 0.4) is 0 Å². The van der Waals surface area contributed by atoms with Gasteiger partial charge >= 0.3 is 0 Å². The van der Waals surface area contributed by atoms with E-state index >= 15 is 0 Å². The first-order chi connectivity index (χ1) is 9.50. The smallest absolute Gasteiger partial charge is 0.191 e. The summed E-state index contributed by atoms with van der Waals surface area (Å²) in [5, 5.41) is 6.96. The van der Waals surface area contributed by atoms with Crippen molar-refractivity contribution in [3.05, 3.63) is 34.9 Å². The molecule has 0 aromatic heterocycles. The number of aliphatic imine (C=N–C) groups is 1. The maximum absolute atomic E-state index is 11.4. The lowest BCUT2D eigenvalue weighted by molar-refractivity contribution is 0.599. The topological polar surface area (TPSA) is 70.6 Å². The summed E-state index contributed by atoms with van der Waals surface area (Å²) in [5.74, 6) is 0.999. The molecular formula is C13H19ClIN3O2S. The highest BCUT2D eigenvalue weighted by Crippen LogP contribution is 2.14. The maximum Gasteiger partial charge on any atom is 0.191 e. The highest BCUT2D eigenvalue weighted by Gasteiger charge is 2.28. The fourth-order valence-corrected chi connectivity index (χ4v) is 3.99. The Bertz CT molecular complexity index is 607. The fraction of sp³-hybridized carbons (Fsp3) is 0.462. The molecule has 1 aromatic carbocycles. The molecule has 1 heterocycles. The van der Waals surface area contributed by atoms with Crippen molar-refractivity contribution < 1.29 is 8.42 Å². The number of sulfone groups is 1. The number of hydrogen-bond donors (Lipinski definition) is 2. The van der Waals surface area contributed by atoms with Crippen molar-refractivity contribution in [3.8, 4) is 0 Å². The molecule has 0 aliphatic carbocycles. The summed E-state index contributed by atoms with van der Waals surface area (Å²) in [5.41, 5.74) is 0.969. The molecule has 1 saturated heterocycles. The van der Waals surface area contributed by atoms with Crippen molar-refractivity contribution >= 4 is 51.4 Å². The number of nitrogens with zero attached hydrogens (tertiary/aromatic N) is 1. The Morgan fingerprint density at radius 3 is 2.71 bits per heavy atom. The zero-order valence-corrected chi connectivity index (χ0v) is 15.6. The van der Waals surface area contributed by atoms with Crippen LogP contribution in [0, 0.1) is 0 Å². The first-order valence-corrected chi connectivity index (χ1v) is 8.61. The van der Waals surface area contributed by atoms with Crippen molar-refractivity contribution in [2.45, 2.75) is 19.0 Å². The molecule has 5 nitrogen and oxygen atoms in total. The molecule has 1 aliphatic rings. The van der Waals surface area contributed by atoms with E-state index in [0.29, 0.717) is 23.9 Å². The number of benzene rings is 1. The molecule has 1 atom stereocenters. The predicted molar refractivity (Wildman–Crippen MR) is 97.3 cm³/mol. The van der Waals surface area contributed by atoms with Crippen LogP contribution in [0.2, 0.25) is 5.02 Å². The van der Waals surface area contributed by atoms with Gasteiger partial charge in [0.1, 0.15) is 0 Å². The molecule has 2 rings (SSSR count). The average molecular weight is 444 g/mol. The van der Waals surface area contributed by atoms with E-state index in [2.05, 4.69) is 15.6 Å². The molecule has 2 N–H and O–H groups in total. The third-order valence-corrected chi connectivity index (χ3v) is 5.34. The average Bonchev–Trinajstić information content (AvgIpc) is 2.75. The quantitative estimate of drug-likeness (QED) is 0.425. The standard InChI is InChI=1S/C13H18ClN3O2S.HI/c1-15-13(17-11-6-7-20(18,19)9-11)16-8-10-4-2-3-5-12(10)14;/h2-5,11H,6-9H2,1H3,(H2,15,16,17);1H. The minimum Gasteiger partial charge on any atom is -0.353 e. The van der Waals surface area contributed by atoms with Crippen LogP contribution in [-0.2, 0) is 16.4 Å². The highest BCUT2D eigenvalue weighted by atomic mass is 127. The summed E-state index contributed by atoms with van der Waals surface area (Å²) < 4.78 is 22.8. The minimum absolute atomic E-state index is 0. The molecule has 8 heteroatoms. The van der Waals surface area contributed by atoms with Gasteiger partial charge in [0.25, 0.3) is 0 Å². The van der Waals surface area contributed by atoms with Gasteiger partial charge in [-0.05, 0) is 18.1 Å². The Hall–Kier alpha value is -0.540. The summed E-state index contributed by atoms with van der Waals surface area (Å²) in [6.45, 7) is 0.540. The van der Waals surface area contributed by atoms with Crippen molar-refractivity contribution in [1.29, 1.82) is 0 Å². The van der Waals surface area contributed by atoms with Gasteiger partial charge < -0.3 is 10.6 Å². The molecule has 1 aromatic rings. The largest absolute Gasteiger partial charge is 0.353 e. The molecule has 0 bridgehead atoms. The van der Waals surface area contributed by atoms with E-state index < -0.39 is 9.84 Å². The summed E-state index contributed by atoms with van der Waals surface area (Å²) in [6.07, 6.45) is 0.620. The monoisotopic (exact) mass is 443 g/mol. The van der Waals surface area contributed by atoms with Crippen LogP contribution in [0.4, 0.5) is 0 Å². The van der Waals surface area contributed by atoms with Gasteiger partial charge in [-0.1, -0.05) is 29.8 Å². The van der Waals surface area contributed by atoms with Crippen LogP contribution in [0.1, 0.15) is 12.0 Å². The summed E-state index contributed by atoms with van der Waals surface area (Å²) in [6, 6.07) is 7.49. The lowest BCUT2D eigenvalue weighted by Crippen LogP contribution is -2.43. The second-order valence-corrected chi connectivity index (χ2v) is 7.40. The van der Waals surface area contributed by atoms with E-state index in [1.807, 2.05) is 24.3 Å². The first-order valence-electron chi connectivity index (χ1n) is 6.41. The molecule has 21 heavy (non-hydrogen) atoms. The Labute approximate surface area is 147 Å². The molecule has 0 saturated carbocycles. The Balaban J connectivity index is 0.00000220. The zero-order valence-electron chi connectivity index (χ0n) is 11.7. The predicted octanol–water partition coefficient (Wildman–Crippen LogP) is 1.81. The van der Waals surface area contributed by atoms with Crippen molar-refractivity contribution in [2.75, 3.05) is 18.6 Å². The Kier molecular flexibility index (Phi) is 7.22. The molecule has 1 unspecified atom stereocenters. The van der Waals surface area contributed by atoms with Crippen LogP contribution in [0.25, 0.3) is 0 Å². The van der Waals surface area contributed by atoms with E-state index in [4.69, 9.17) is 11.6 Å². The normalized spacial score (nSPS) is 20.7. The summed E-state index contributed by atoms with van der Waals surface area (Å²) in [4.78, 5) is 4.10. The van der Waals surface area contributed by atoms with Gasteiger partial charge in [-0.2, -0.15) is 0 Å². The molecule has 0 amide bonds. The van der Waals surface area contributed by atoms with Gasteiger partial charge in [0, 0.05) is 24.7 Å². The first kappa shape index (κ1) is 18.5. The zero-order chi connectivity index (χ0) is 14.6. The Morgan fingerprint density at radius 1 is 1.43 bits per heavy atom. The van der Waals surface area contributed by atoms with E-state index in [1.165, 1.54) is 0 Å². The molecule has 1 fully saturated rings. The van der Waals surface area contributed by atoms with E-state index in [9.17, 15) is 8.42 Å². The third-order valence-electron chi connectivity index (χ3n) is 3.20. The van der Waals surface area contributed by atoms with Gasteiger partial charge in [0.2, 0.25) is 0 Å². The SMILES string of the molecule is CN=C(NCc1ccccc1Cl)NC1CCS(=O)(=O)C1.I. The number of halogens is 2. The number of nitrogens with one attached hydrogen (secondary N) is 2. The minimum atomic E-state index is -2.89. The summed E-state index contributed by atoms with van der Waals surface area (Å²) >= 11 is 6.08. The summed E-state index contributed by atoms with van der Waals surface area (Å²) in [7, 11) is -1.23. The van der Waals surface area contributed by atoms with Crippen LogP contribution < -0.4 is 10.6 Å². The van der Waals surface area contributed by atoms with Crippen molar-refractivity contribution in [3.63, 3.8) is 0 Å². The van der Waals surface area contributed by atoms with E-state index in [-0.39, 0.29) is 41.5 Å². The van der Waals surface area contributed by atoms with Gasteiger partial charge in [0.05, 0.1) is 11.5 Å². The fourth-order valence-electron chi connectivity index (χ4n) is 2.12. The molecular weight excluding hydrogens is 425 g/mol. The molecule has 0 spiro atoms. The lowest BCUT2D eigenvalue weighted by atomic mass is 10.2. The van der Waals surface area contributed by atoms with Gasteiger partial charge in [-0.15, -0.1) is 24.0 Å². The van der Waals surface area contributed by atoms with Crippen LogP contribution in [0.5, 0.6) is 0 Å². The van der Waals surface area contributed by atoms with Crippen LogP contribution >= 0.6 is 35.6 Å². The van der Waals surface area contributed by atoms with Gasteiger partial charge in [0.15, 0.2) is 15.8 Å². The molecule has 1 aliphatic heterocycles. The number of rotatable bonds is 3. The van der Waals surface area contributed by atoms with Crippen molar-refractivity contribution in [2.24, 2.45) is 4.99 Å². The lowest BCUT2D eigenvalue weighted by Gasteiger charge is -2.16. The van der Waals surface area contributed by atoms with E-state index in [0.717, 1.165) is 5.56 Å². The highest BCUT2D eigenvalue weighted by molar-refractivity contribution is 14.0. The van der Waals surface area contributed by atoms with Crippen LogP contribution in [0.15, 0.2) is 29.3 Å². The second kappa shape index (κ2) is 8.19. The van der Waals surface area contributed by atoms with Crippen LogP contribution in [-0.4, -0.2) is 39.0 Å². The third kappa shape index (κ3) is 5.63. The van der Waals surface area contributed by atoms with E-state index in [1.54, 1.807) is 7.05 Å². The number of hydrogen-bond acceptors (Lipinski definition) is 3. The maximum atomic E-state index is 11.4. The molecule has 118 valence electrons.